The van der Waals surface area contributed by atoms with Gasteiger partial charge in [-0.2, -0.15) is 5.10 Å². The minimum absolute atomic E-state index is 0.159. The number of hydrogen-bond donors (Lipinski definition) is 2. The molecule has 1 saturated carbocycles. The highest BCUT2D eigenvalue weighted by atomic mass is 79.9. The molecule has 0 saturated heterocycles. The van der Waals surface area contributed by atoms with Gasteiger partial charge in [-0.15, -0.1) is 0 Å². The van der Waals surface area contributed by atoms with Crippen LogP contribution in [0.1, 0.15) is 50.0 Å². The number of primary amides is 1. The molecule has 1 aliphatic carbocycles. The zero-order chi connectivity index (χ0) is 18.9. The van der Waals surface area contributed by atoms with Crippen LogP contribution in [-0.4, -0.2) is 27.1 Å². The molecule has 6 nitrogen and oxygen atoms in total. The second kappa shape index (κ2) is 6.87. The predicted molar refractivity (Wildman–Crippen MR) is 103 cm³/mol. The Morgan fingerprint density at radius 1 is 1.19 bits per heavy atom. The van der Waals surface area contributed by atoms with Crippen LogP contribution in [-0.2, 0) is 4.79 Å². The Hall–Kier alpha value is -2.15. The summed E-state index contributed by atoms with van der Waals surface area (Å²) in [6.45, 7) is 4.33. The van der Waals surface area contributed by atoms with Gasteiger partial charge in [0.1, 0.15) is 5.54 Å². The van der Waals surface area contributed by atoms with Gasteiger partial charge in [0.15, 0.2) is 5.69 Å². The Kier molecular flexibility index (Phi) is 4.92. The highest BCUT2D eigenvalue weighted by Gasteiger charge is 2.44. The van der Waals surface area contributed by atoms with Crippen molar-refractivity contribution in [3.05, 3.63) is 46.7 Å². The summed E-state index contributed by atoms with van der Waals surface area (Å²) in [4.78, 5) is 24.8. The molecule has 0 aliphatic heterocycles. The van der Waals surface area contributed by atoms with Crippen molar-refractivity contribution in [2.45, 2.75) is 45.1 Å². The zero-order valence-corrected chi connectivity index (χ0v) is 16.5. The minimum atomic E-state index is -0.994. The number of halogens is 1. The molecule has 1 aliphatic rings. The fourth-order valence-corrected chi connectivity index (χ4v) is 3.66. The number of nitrogens with zero attached hydrogens (tertiary/aromatic N) is 2. The lowest BCUT2D eigenvalue weighted by atomic mass is 9.69. The first-order valence-electron chi connectivity index (χ1n) is 8.65. The molecule has 2 aromatic rings. The molecule has 7 heteroatoms. The SMILES string of the molecule is CC1(C)CCC(NC(=O)c2ccn(-c3cccc(Br)c3)n2)(C(N)=O)CC1. The maximum absolute atomic E-state index is 12.7. The van der Waals surface area contributed by atoms with Gasteiger partial charge in [0, 0.05) is 10.7 Å². The molecule has 2 amide bonds. The lowest BCUT2D eigenvalue weighted by molar-refractivity contribution is -0.126. The summed E-state index contributed by atoms with van der Waals surface area (Å²) in [5.41, 5.74) is 5.91. The number of amides is 2. The third-order valence-electron chi connectivity index (χ3n) is 5.18. The first kappa shape index (κ1) is 18.6. The molecular formula is C19H23BrN4O2. The normalized spacial score (nSPS) is 18.3. The molecule has 3 rings (SSSR count). The summed E-state index contributed by atoms with van der Waals surface area (Å²) in [6, 6.07) is 9.25. The molecule has 1 aromatic heterocycles. The molecule has 0 spiro atoms. The van der Waals surface area contributed by atoms with E-state index in [4.69, 9.17) is 5.73 Å². The Morgan fingerprint density at radius 3 is 2.50 bits per heavy atom. The lowest BCUT2D eigenvalue weighted by Crippen LogP contribution is -2.59. The third-order valence-corrected chi connectivity index (χ3v) is 5.67. The molecule has 1 aromatic carbocycles. The molecule has 26 heavy (non-hydrogen) atoms. The molecule has 1 fully saturated rings. The quantitative estimate of drug-likeness (QED) is 0.798. The van der Waals surface area contributed by atoms with Gasteiger partial charge in [-0.1, -0.05) is 35.8 Å². The van der Waals surface area contributed by atoms with Crippen molar-refractivity contribution >= 4 is 27.7 Å². The highest BCUT2D eigenvalue weighted by Crippen LogP contribution is 2.40. The van der Waals surface area contributed by atoms with Crippen LogP contribution in [0.5, 0.6) is 0 Å². The van der Waals surface area contributed by atoms with E-state index in [9.17, 15) is 9.59 Å². The Morgan fingerprint density at radius 2 is 1.88 bits per heavy atom. The number of nitrogens with one attached hydrogen (secondary N) is 1. The first-order valence-corrected chi connectivity index (χ1v) is 9.44. The molecule has 0 atom stereocenters. The van der Waals surface area contributed by atoms with E-state index in [0.717, 1.165) is 23.0 Å². The van der Waals surface area contributed by atoms with Crippen LogP contribution >= 0.6 is 15.9 Å². The van der Waals surface area contributed by atoms with Crippen molar-refractivity contribution in [1.82, 2.24) is 15.1 Å². The van der Waals surface area contributed by atoms with Gasteiger partial charge in [-0.25, -0.2) is 4.68 Å². The van der Waals surface area contributed by atoms with Crippen molar-refractivity contribution in [3.63, 3.8) is 0 Å². The Labute approximate surface area is 161 Å². The van der Waals surface area contributed by atoms with E-state index in [2.05, 4.69) is 40.2 Å². The number of benzene rings is 1. The molecule has 1 heterocycles. The fourth-order valence-electron chi connectivity index (χ4n) is 3.28. The highest BCUT2D eigenvalue weighted by molar-refractivity contribution is 9.10. The van der Waals surface area contributed by atoms with Gasteiger partial charge < -0.3 is 11.1 Å². The van der Waals surface area contributed by atoms with Crippen LogP contribution in [0.4, 0.5) is 0 Å². The zero-order valence-electron chi connectivity index (χ0n) is 15.0. The number of hydrogen-bond acceptors (Lipinski definition) is 3. The third kappa shape index (κ3) is 3.82. The maximum Gasteiger partial charge on any atom is 0.272 e. The number of nitrogens with two attached hydrogens (primary N) is 1. The second-order valence-electron chi connectivity index (χ2n) is 7.69. The summed E-state index contributed by atoms with van der Waals surface area (Å²) < 4.78 is 2.55. The molecule has 3 N–H and O–H groups in total. The van der Waals surface area contributed by atoms with Gasteiger partial charge in [-0.3, -0.25) is 9.59 Å². The van der Waals surface area contributed by atoms with E-state index in [1.54, 1.807) is 16.9 Å². The van der Waals surface area contributed by atoms with Crippen LogP contribution < -0.4 is 11.1 Å². The van der Waals surface area contributed by atoms with Crippen LogP contribution in [0.15, 0.2) is 41.0 Å². The average molecular weight is 419 g/mol. The van der Waals surface area contributed by atoms with E-state index in [1.165, 1.54) is 0 Å². The molecule has 0 radical (unpaired) electrons. The van der Waals surface area contributed by atoms with Crippen LogP contribution in [0.25, 0.3) is 5.69 Å². The smallest absolute Gasteiger partial charge is 0.272 e. The molecular weight excluding hydrogens is 396 g/mol. The van der Waals surface area contributed by atoms with E-state index in [0.29, 0.717) is 12.8 Å². The Balaban J connectivity index is 1.78. The molecule has 138 valence electrons. The molecule has 0 unspecified atom stereocenters. The summed E-state index contributed by atoms with van der Waals surface area (Å²) in [6.07, 6.45) is 4.49. The lowest BCUT2D eigenvalue weighted by Gasteiger charge is -2.41. The number of carbonyl (C=O) groups excluding carboxylic acids is 2. The van der Waals surface area contributed by atoms with Crippen LogP contribution in [0, 0.1) is 5.41 Å². The molecule has 0 bridgehead atoms. The number of rotatable bonds is 4. The monoisotopic (exact) mass is 418 g/mol. The first-order chi connectivity index (χ1) is 12.2. The summed E-state index contributed by atoms with van der Waals surface area (Å²) >= 11 is 3.42. The van der Waals surface area contributed by atoms with E-state index >= 15 is 0 Å². The largest absolute Gasteiger partial charge is 0.368 e. The van der Waals surface area contributed by atoms with Gasteiger partial charge in [-0.05, 0) is 55.4 Å². The average Bonchev–Trinajstić information content (AvgIpc) is 3.07. The van der Waals surface area contributed by atoms with Crippen molar-refractivity contribution in [2.24, 2.45) is 11.1 Å². The number of carbonyl (C=O) groups is 2. The van der Waals surface area contributed by atoms with Gasteiger partial charge >= 0.3 is 0 Å². The van der Waals surface area contributed by atoms with E-state index in [-0.39, 0.29) is 17.0 Å². The van der Waals surface area contributed by atoms with Crippen molar-refractivity contribution in [3.8, 4) is 5.69 Å². The predicted octanol–water partition coefficient (Wildman–Crippen LogP) is 3.19. The minimum Gasteiger partial charge on any atom is -0.368 e. The summed E-state index contributed by atoms with van der Waals surface area (Å²) in [5, 5.41) is 7.20. The van der Waals surface area contributed by atoms with E-state index in [1.807, 2.05) is 24.3 Å². The Bertz CT molecular complexity index is 834. The summed E-state index contributed by atoms with van der Waals surface area (Å²) in [7, 11) is 0. The number of aromatic nitrogens is 2. The topological polar surface area (TPSA) is 90.0 Å². The van der Waals surface area contributed by atoms with Gasteiger partial charge in [0.05, 0.1) is 5.69 Å². The van der Waals surface area contributed by atoms with Crippen LogP contribution in [0.3, 0.4) is 0 Å². The standard InChI is InChI=1S/C19H23BrN4O2/c1-18(2)7-9-19(10-8-18,17(21)26)22-16(25)15-6-11-24(23-15)14-5-3-4-13(20)12-14/h3-6,11-12H,7-10H2,1-2H3,(H2,21,26)(H,22,25). The summed E-state index contributed by atoms with van der Waals surface area (Å²) in [5.74, 6) is -0.856. The second-order valence-corrected chi connectivity index (χ2v) is 8.61. The van der Waals surface area contributed by atoms with Gasteiger partial charge in [0.25, 0.3) is 5.91 Å². The van der Waals surface area contributed by atoms with Crippen molar-refractivity contribution < 1.29 is 9.59 Å². The van der Waals surface area contributed by atoms with Gasteiger partial charge in [0.2, 0.25) is 5.91 Å². The van der Waals surface area contributed by atoms with E-state index < -0.39 is 11.4 Å². The maximum atomic E-state index is 12.7. The van der Waals surface area contributed by atoms with Crippen LogP contribution in [0.2, 0.25) is 0 Å². The fraction of sp³-hybridized carbons (Fsp3) is 0.421. The van der Waals surface area contributed by atoms with Crippen molar-refractivity contribution in [2.75, 3.05) is 0 Å². The van der Waals surface area contributed by atoms with Crippen molar-refractivity contribution in [1.29, 1.82) is 0 Å².